The smallest absolute Gasteiger partial charge is 0.304 e. The van der Waals surface area contributed by atoms with Gasteiger partial charge >= 0.3 is 11.9 Å². The van der Waals surface area contributed by atoms with Crippen molar-refractivity contribution in [3.05, 3.63) is 293 Å². The molecule has 29 heteroatoms. The minimum absolute atomic E-state index is 0.0118. The van der Waals surface area contributed by atoms with Gasteiger partial charge in [-0.3, -0.25) is 57.5 Å². The van der Waals surface area contributed by atoms with Crippen molar-refractivity contribution in [3.8, 4) is 28.7 Å². The topological polar surface area (TPSA) is 301 Å². The lowest BCUT2D eigenvalue weighted by molar-refractivity contribution is -0.143. The third kappa shape index (κ3) is 26.5. The number of halogens is 4. The zero-order valence-electron chi connectivity index (χ0n) is 69.1. The van der Waals surface area contributed by atoms with Crippen molar-refractivity contribution in [1.82, 2.24) is 0 Å². The molecular formula is C97H86BrCl3O20S5. The fourth-order valence-electron chi connectivity index (χ4n) is 13.6. The Bertz CT molecular complexity index is 5550. The molecule has 0 bridgehead atoms. The van der Waals surface area contributed by atoms with Gasteiger partial charge in [-0.2, -0.15) is 0 Å². The zero-order valence-corrected chi connectivity index (χ0v) is 77.1. The summed E-state index contributed by atoms with van der Waals surface area (Å²) < 4.78 is 32.3. The lowest BCUT2D eigenvalue weighted by atomic mass is 9.91. The van der Waals surface area contributed by atoms with E-state index in [0.717, 1.165) is 74.0 Å². The van der Waals surface area contributed by atoms with E-state index < -0.39 is 30.1 Å². The van der Waals surface area contributed by atoms with E-state index in [4.69, 9.17) is 68.3 Å². The highest BCUT2D eigenvalue weighted by Crippen LogP contribution is 2.45. The average Bonchev–Trinajstić information content (AvgIpc) is 0.793. The van der Waals surface area contributed by atoms with Gasteiger partial charge in [0.2, 0.25) is 5.78 Å². The maximum atomic E-state index is 12.6. The number of esters is 1. The van der Waals surface area contributed by atoms with E-state index in [1.165, 1.54) is 42.2 Å². The Balaban J connectivity index is 0.000000138. The Morgan fingerprint density at radius 2 is 0.913 bits per heavy atom. The molecule has 0 radical (unpaired) electrons. The number of methoxy groups -OCH3 is 1. The van der Waals surface area contributed by atoms with E-state index in [0.29, 0.717) is 141 Å². The normalized spacial score (nSPS) is 17.7. The van der Waals surface area contributed by atoms with Crippen molar-refractivity contribution in [2.75, 3.05) is 50.8 Å². The number of aryl methyl sites for hydroxylation is 2. The number of carbonyl (C=O) groups is 12. The number of ether oxygens (including phenoxy) is 6. The Labute approximate surface area is 773 Å². The zero-order chi connectivity index (χ0) is 90.5. The molecule has 0 spiro atoms. The maximum absolute atomic E-state index is 12.6. The number of carbonyl (C=O) groups excluding carboxylic acids is 11. The molecular weight excluding hydrogens is 1830 g/mol. The lowest BCUT2D eigenvalue weighted by Crippen LogP contribution is -2.32. The molecule has 9 heterocycles. The van der Waals surface area contributed by atoms with Crippen molar-refractivity contribution in [1.29, 1.82) is 0 Å². The van der Waals surface area contributed by atoms with E-state index in [1.54, 1.807) is 116 Å². The predicted molar refractivity (Wildman–Crippen MR) is 495 cm³/mol. The van der Waals surface area contributed by atoms with Crippen molar-refractivity contribution in [2.24, 2.45) is 5.92 Å². The summed E-state index contributed by atoms with van der Waals surface area (Å²) in [5.41, 5.74) is 8.88. The molecule has 0 fully saturated rings. The van der Waals surface area contributed by atoms with Gasteiger partial charge in [-0.25, -0.2) is 0 Å². The van der Waals surface area contributed by atoms with Crippen LogP contribution in [0.1, 0.15) is 180 Å². The number of aliphatic carboxylic acids is 1. The standard InChI is InChI=1S/C17H14O3S.C11H9ClO3S.C11H11ClOS.C11H10O3S.2C10H10O2.C9H7BrO2.C9H7ClO2.C9H8O2S/c1-20-12-7-8-13-15(9-12)21-10-14(17(13)19)16(18)11-5-3-2-4-6-11;12-6-1-2-10-8(3-6)9(13)4-7(16-10)5-11(14)15;1-11(2)6-9(13)8-5-7(12)3-4-10(8)14-11;1-7(12)14-9-6-15-10-5-3-2-4-8(10)11(9)13;2*1-7-2-3-10-8(6-7)9(11)4-5-12-10;2*10-6-1-2-9-7(5-6)8(11)3-4-12-9;10-7-5-12-8-4-2-1-3-6(8)9(7)11/h2-9,14H,10H2,1H3;1-3,7H,4-5H2,(H,14,15);3-5H,6H2,1-2H3;2-5,9H,6H2,1H3;2*2-3,6H,4-5H2,1H3;2*1-2,5H,3-4H2;1-4,7,10H,5H2. The molecule has 9 aliphatic heterocycles. The van der Waals surface area contributed by atoms with Gasteiger partial charge < -0.3 is 38.6 Å². The molecule has 0 aromatic heterocycles. The fraction of sp³-hybridized carbons (Fsp3) is 0.258. The second-order valence-corrected chi connectivity index (χ2v) is 38.4. The fourth-order valence-corrected chi connectivity index (χ4v) is 20.2. The van der Waals surface area contributed by atoms with Crippen molar-refractivity contribution < 1.29 is 96.2 Å². The van der Waals surface area contributed by atoms with Crippen LogP contribution in [0.5, 0.6) is 28.7 Å². The van der Waals surface area contributed by atoms with Crippen LogP contribution < -0.4 is 23.7 Å². The van der Waals surface area contributed by atoms with Crippen molar-refractivity contribution in [3.63, 3.8) is 0 Å². The molecule has 4 unspecified atom stereocenters. The molecule has 4 atom stereocenters. The highest BCUT2D eigenvalue weighted by Gasteiger charge is 2.36. The average molecular weight is 1920 g/mol. The second kappa shape index (κ2) is 45.6. The Morgan fingerprint density at radius 3 is 1.45 bits per heavy atom. The molecule has 0 aliphatic carbocycles. The lowest BCUT2D eigenvalue weighted by Gasteiger charge is -2.29. The number of ketones is 10. The first-order valence-electron chi connectivity index (χ1n) is 39.8. The van der Waals surface area contributed by atoms with Crippen molar-refractivity contribution in [2.45, 2.75) is 126 Å². The van der Waals surface area contributed by atoms with Gasteiger partial charge in [0.05, 0.1) is 68.1 Å². The minimum Gasteiger partial charge on any atom is -0.497 e. The van der Waals surface area contributed by atoms with Crippen LogP contribution in [-0.4, -0.2) is 153 Å². The van der Waals surface area contributed by atoms with Crippen LogP contribution in [0.4, 0.5) is 0 Å². The summed E-state index contributed by atoms with van der Waals surface area (Å²) in [5, 5.41) is 19.5. The van der Waals surface area contributed by atoms with Crippen LogP contribution >= 0.6 is 110 Å². The number of fused-ring (bicyclic) bond motifs is 9. The summed E-state index contributed by atoms with van der Waals surface area (Å²) in [5.74, 6) is 3.52. The molecule has 0 saturated carbocycles. The first kappa shape index (κ1) is 96.5. The summed E-state index contributed by atoms with van der Waals surface area (Å²) in [6.45, 7) is 11.5. The Hall–Kier alpha value is -10.1. The van der Waals surface area contributed by atoms with E-state index in [9.17, 15) is 62.6 Å². The maximum Gasteiger partial charge on any atom is 0.304 e. The quantitative estimate of drug-likeness (QED) is 0.0888. The molecule has 2 N–H and O–H groups in total. The summed E-state index contributed by atoms with van der Waals surface area (Å²) in [6, 6.07) is 61.8. The molecule has 652 valence electrons. The molecule has 10 aromatic rings. The highest BCUT2D eigenvalue weighted by molar-refractivity contribution is 9.10. The number of Topliss-reactive ketones (excluding diaryl/α,β-unsaturated/α-hetero) is 10. The molecule has 0 saturated heterocycles. The summed E-state index contributed by atoms with van der Waals surface area (Å²) in [6.07, 6.45) is 1.39. The number of carboxylic acid groups (broad SMARTS) is 1. The van der Waals surface area contributed by atoms with E-state index in [1.807, 2.05) is 135 Å². The van der Waals surface area contributed by atoms with Crippen molar-refractivity contribution >= 4 is 179 Å². The van der Waals surface area contributed by atoms with Crippen LogP contribution in [0.15, 0.2) is 235 Å². The Morgan fingerprint density at radius 1 is 0.460 bits per heavy atom. The molecule has 19 rings (SSSR count). The number of aliphatic hydroxyl groups is 1. The van der Waals surface area contributed by atoms with Gasteiger partial charge in [0.15, 0.2) is 58.2 Å². The number of hydrogen-bond donors (Lipinski definition) is 2. The van der Waals surface area contributed by atoms with Crippen LogP contribution in [0.3, 0.4) is 0 Å². The highest BCUT2D eigenvalue weighted by atomic mass is 79.9. The van der Waals surface area contributed by atoms with Crippen LogP contribution in [0, 0.1) is 19.8 Å². The van der Waals surface area contributed by atoms with Gasteiger partial charge in [0.25, 0.3) is 0 Å². The monoisotopic (exact) mass is 1910 g/mol. The van der Waals surface area contributed by atoms with Gasteiger partial charge in [0.1, 0.15) is 34.9 Å². The number of thioether (sulfide) groups is 5. The van der Waals surface area contributed by atoms with Gasteiger partial charge in [-0.1, -0.05) is 141 Å². The first-order valence-corrected chi connectivity index (χ1v) is 46.4. The predicted octanol–water partition coefficient (Wildman–Crippen LogP) is 22.0. The Kier molecular flexibility index (Phi) is 34.9. The van der Waals surface area contributed by atoms with Crippen LogP contribution in [0.25, 0.3) is 0 Å². The van der Waals surface area contributed by atoms with Gasteiger partial charge in [-0.15, -0.1) is 58.8 Å². The number of hydrogen-bond acceptors (Lipinski definition) is 24. The van der Waals surface area contributed by atoms with E-state index >= 15 is 0 Å². The second-order valence-electron chi connectivity index (χ2n) is 29.9. The van der Waals surface area contributed by atoms with E-state index in [2.05, 4.69) is 29.8 Å². The minimum atomic E-state index is -0.872. The molecule has 0 amide bonds. The molecule has 126 heavy (non-hydrogen) atoms. The van der Waals surface area contributed by atoms with Gasteiger partial charge in [-0.05, 0) is 155 Å². The van der Waals surface area contributed by atoms with E-state index in [-0.39, 0.29) is 80.7 Å². The largest absolute Gasteiger partial charge is 0.497 e. The third-order valence-corrected chi connectivity index (χ3v) is 27.0. The summed E-state index contributed by atoms with van der Waals surface area (Å²) in [4.78, 5) is 143. The molecule has 9 aliphatic rings. The number of carboxylic acids is 1. The SMILES string of the molecule is CC(=O)OC1CSc2ccccc2C1=O.CC1(C)CC(=O)c2cc(Cl)ccc2S1.COc1ccc2c(c1)SCC(C(=O)c1ccccc1)C2=O.Cc1ccc2c(c1)C(=O)CCO2.Cc1ccc2c(c1)C(=O)CCO2.O=C(O)CC1CC(=O)c2cc(Cl)ccc2S1.O=C1CCOc2ccc(Br)cc21.O=C1CCOc2ccc(Cl)cc21.O=C1c2ccccc2SCC1O. The number of aliphatic hydroxyl groups excluding tert-OH is 1. The van der Waals surface area contributed by atoms with Crippen LogP contribution in [-0.2, 0) is 14.3 Å². The number of rotatable bonds is 6. The molecule has 10 aromatic carbocycles. The first-order chi connectivity index (χ1) is 60.3. The summed E-state index contributed by atoms with van der Waals surface area (Å²) >= 11 is 28.5. The van der Waals surface area contributed by atoms with Gasteiger partial charge in [0, 0.05) is 150 Å². The third-order valence-electron chi connectivity index (χ3n) is 19.8. The van der Waals surface area contributed by atoms with Crippen LogP contribution in [0.2, 0.25) is 15.1 Å². The molecule has 20 nitrogen and oxygen atoms in total. The summed E-state index contributed by atoms with van der Waals surface area (Å²) in [7, 11) is 1.60. The number of benzene rings is 10.